The third-order valence-electron chi connectivity index (χ3n) is 6.12. The first-order valence-corrected chi connectivity index (χ1v) is 10.7. The van der Waals surface area contributed by atoms with E-state index in [1.807, 2.05) is 30.3 Å². The predicted molar refractivity (Wildman–Crippen MR) is 121 cm³/mol. The van der Waals surface area contributed by atoms with Crippen LogP contribution in [0.1, 0.15) is 42.1 Å². The molecule has 2 aromatic rings. The van der Waals surface area contributed by atoms with Gasteiger partial charge in [0.05, 0.1) is 11.3 Å². The smallest absolute Gasteiger partial charge is 0.255 e. The summed E-state index contributed by atoms with van der Waals surface area (Å²) < 4.78 is 1.61. The zero-order valence-electron chi connectivity index (χ0n) is 17.7. The van der Waals surface area contributed by atoms with Gasteiger partial charge in [0.15, 0.2) is 0 Å². The van der Waals surface area contributed by atoms with E-state index in [0.717, 1.165) is 49.2 Å². The van der Waals surface area contributed by atoms with E-state index in [4.69, 9.17) is 0 Å². The zero-order valence-corrected chi connectivity index (χ0v) is 17.7. The number of pyridine rings is 1. The molecule has 1 aliphatic heterocycles. The van der Waals surface area contributed by atoms with Crippen LogP contribution in [0.5, 0.6) is 0 Å². The van der Waals surface area contributed by atoms with Crippen LogP contribution in [-0.4, -0.2) is 41.6 Å². The average Bonchev–Trinajstić information content (AvgIpc) is 2.77. The number of hydrogen-bond donors (Lipinski definition) is 1. The predicted octanol–water partition coefficient (Wildman–Crippen LogP) is 3.64. The van der Waals surface area contributed by atoms with Crippen molar-refractivity contribution in [3.05, 3.63) is 82.3 Å². The third kappa shape index (κ3) is 4.31. The Kier molecular flexibility index (Phi) is 6.00. The van der Waals surface area contributed by atoms with E-state index < -0.39 is 0 Å². The normalized spacial score (nSPS) is 22.2. The number of amides is 1. The maximum atomic E-state index is 13.0. The lowest BCUT2D eigenvalue weighted by Gasteiger charge is -2.35. The lowest BCUT2D eigenvalue weighted by molar-refractivity contribution is 0.0879. The standard InChI is InChI=1S/C25H29N3O2/c1-18-14-15-27(2)17-22(18)26-25(30)20-12-13-24(29)28(16-20)23-11-7-6-10-21(23)19-8-4-3-5-9-19/h3-5,8-13,16,18,22H,6-7,14-15,17H2,1-2H3,(H,26,30). The van der Waals surface area contributed by atoms with Crippen LogP contribution in [0.15, 0.2) is 65.6 Å². The molecular formula is C25H29N3O2. The molecule has 1 aliphatic carbocycles. The molecule has 1 aromatic heterocycles. The Morgan fingerprint density at radius 1 is 1.07 bits per heavy atom. The summed E-state index contributed by atoms with van der Waals surface area (Å²) in [5.41, 5.74) is 3.33. The van der Waals surface area contributed by atoms with Gasteiger partial charge in [0, 0.05) is 30.4 Å². The molecule has 156 valence electrons. The van der Waals surface area contributed by atoms with Crippen LogP contribution in [0.3, 0.4) is 0 Å². The van der Waals surface area contributed by atoms with Crippen LogP contribution in [0.4, 0.5) is 0 Å². The number of nitrogens with one attached hydrogen (secondary N) is 1. The number of likely N-dealkylation sites (tertiary alicyclic amines) is 1. The van der Waals surface area contributed by atoms with Crippen molar-refractivity contribution in [3.8, 4) is 0 Å². The molecule has 1 aromatic carbocycles. The van der Waals surface area contributed by atoms with E-state index in [0.29, 0.717) is 11.5 Å². The van der Waals surface area contributed by atoms with E-state index in [2.05, 4.69) is 36.3 Å². The highest BCUT2D eigenvalue weighted by molar-refractivity contribution is 5.99. The number of allylic oxidation sites excluding steroid dienone is 4. The van der Waals surface area contributed by atoms with Crippen LogP contribution in [0.2, 0.25) is 0 Å². The van der Waals surface area contributed by atoms with Crippen LogP contribution in [-0.2, 0) is 0 Å². The van der Waals surface area contributed by atoms with E-state index >= 15 is 0 Å². The van der Waals surface area contributed by atoms with Crippen LogP contribution in [0.25, 0.3) is 11.3 Å². The van der Waals surface area contributed by atoms with Crippen LogP contribution >= 0.6 is 0 Å². The van der Waals surface area contributed by atoms with Gasteiger partial charge in [0.1, 0.15) is 0 Å². The van der Waals surface area contributed by atoms with E-state index in [1.54, 1.807) is 16.8 Å². The van der Waals surface area contributed by atoms with Crippen LogP contribution in [0, 0.1) is 5.92 Å². The van der Waals surface area contributed by atoms with Crippen LogP contribution < -0.4 is 10.9 Å². The minimum Gasteiger partial charge on any atom is -0.348 e. The minimum absolute atomic E-state index is 0.116. The average molecular weight is 404 g/mol. The fraction of sp³-hybridized carbons (Fsp3) is 0.360. The number of aromatic nitrogens is 1. The van der Waals surface area contributed by atoms with Crippen molar-refractivity contribution in [2.24, 2.45) is 5.92 Å². The first kappa shape index (κ1) is 20.4. The summed E-state index contributed by atoms with van der Waals surface area (Å²) in [6.07, 6.45) is 8.82. The molecule has 1 saturated heterocycles. The highest BCUT2D eigenvalue weighted by atomic mass is 16.2. The number of carbonyl (C=O) groups excluding carboxylic acids is 1. The molecule has 0 spiro atoms. The van der Waals surface area contributed by atoms with E-state index in [1.165, 1.54) is 6.07 Å². The van der Waals surface area contributed by atoms with Gasteiger partial charge >= 0.3 is 0 Å². The lowest BCUT2D eigenvalue weighted by Crippen LogP contribution is -2.50. The topological polar surface area (TPSA) is 54.3 Å². The molecule has 0 saturated carbocycles. The van der Waals surface area contributed by atoms with Crippen molar-refractivity contribution in [2.45, 2.75) is 32.2 Å². The third-order valence-corrected chi connectivity index (χ3v) is 6.12. The SMILES string of the molecule is CC1CCN(C)CC1NC(=O)c1ccc(=O)n(C2=CCCC=C2c2ccccc2)c1. The van der Waals surface area contributed by atoms with Gasteiger partial charge in [-0.25, -0.2) is 0 Å². The second kappa shape index (κ2) is 8.84. The van der Waals surface area contributed by atoms with Crippen molar-refractivity contribution < 1.29 is 4.79 Å². The van der Waals surface area contributed by atoms with Crippen molar-refractivity contribution >= 4 is 17.2 Å². The van der Waals surface area contributed by atoms with Gasteiger partial charge < -0.3 is 10.2 Å². The lowest BCUT2D eigenvalue weighted by atomic mass is 9.93. The molecule has 30 heavy (non-hydrogen) atoms. The Hall–Kier alpha value is -2.92. The largest absolute Gasteiger partial charge is 0.348 e. The minimum atomic E-state index is -0.132. The number of benzene rings is 1. The summed E-state index contributed by atoms with van der Waals surface area (Å²) in [6.45, 7) is 4.09. The molecule has 0 radical (unpaired) electrons. The maximum Gasteiger partial charge on any atom is 0.255 e. The Morgan fingerprint density at radius 3 is 2.63 bits per heavy atom. The molecule has 5 nitrogen and oxygen atoms in total. The highest BCUT2D eigenvalue weighted by Crippen LogP contribution is 2.30. The number of nitrogens with zero attached hydrogens (tertiary/aromatic N) is 2. The Morgan fingerprint density at radius 2 is 1.83 bits per heavy atom. The molecule has 0 bridgehead atoms. The molecule has 2 atom stereocenters. The van der Waals surface area contributed by atoms with Gasteiger partial charge in [0.25, 0.3) is 11.5 Å². The molecule has 1 amide bonds. The van der Waals surface area contributed by atoms with E-state index in [9.17, 15) is 9.59 Å². The summed E-state index contributed by atoms with van der Waals surface area (Å²) in [5, 5.41) is 3.18. The quantitative estimate of drug-likeness (QED) is 0.848. The van der Waals surface area contributed by atoms with Crippen molar-refractivity contribution in [3.63, 3.8) is 0 Å². The Balaban J connectivity index is 1.62. The highest BCUT2D eigenvalue weighted by Gasteiger charge is 2.26. The van der Waals surface area contributed by atoms with Gasteiger partial charge in [-0.15, -0.1) is 0 Å². The van der Waals surface area contributed by atoms with Gasteiger partial charge in [0.2, 0.25) is 0 Å². The van der Waals surface area contributed by atoms with Gasteiger partial charge in [-0.1, -0.05) is 49.4 Å². The Bertz CT molecular complexity index is 1040. The summed E-state index contributed by atoms with van der Waals surface area (Å²) >= 11 is 0. The Labute approximate surface area is 177 Å². The molecule has 4 rings (SSSR count). The molecule has 2 unspecified atom stereocenters. The van der Waals surface area contributed by atoms with Gasteiger partial charge in [-0.3, -0.25) is 14.2 Å². The molecule has 1 fully saturated rings. The van der Waals surface area contributed by atoms with E-state index in [-0.39, 0.29) is 17.5 Å². The molecule has 2 aliphatic rings. The number of carbonyl (C=O) groups is 1. The van der Waals surface area contributed by atoms with Crippen molar-refractivity contribution in [1.29, 1.82) is 0 Å². The summed E-state index contributed by atoms with van der Waals surface area (Å²) in [4.78, 5) is 27.9. The monoisotopic (exact) mass is 403 g/mol. The molecule has 5 heteroatoms. The summed E-state index contributed by atoms with van der Waals surface area (Å²) in [5.74, 6) is 0.308. The maximum absolute atomic E-state index is 13.0. The fourth-order valence-corrected chi connectivity index (χ4v) is 4.26. The fourth-order valence-electron chi connectivity index (χ4n) is 4.26. The second-order valence-corrected chi connectivity index (χ2v) is 8.38. The number of piperidine rings is 1. The summed E-state index contributed by atoms with van der Waals surface area (Å²) in [6, 6.07) is 13.3. The number of likely N-dealkylation sites (N-methyl/N-ethyl adjacent to an activating group) is 1. The first-order chi connectivity index (χ1) is 14.5. The summed E-state index contributed by atoms with van der Waals surface area (Å²) in [7, 11) is 2.08. The number of hydrogen-bond acceptors (Lipinski definition) is 3. The first-order valence-electron chi connectivity index (χ1n) is 10.7. The zero-order chi connectivity index (χ0) is 21.1. The second-order valence-electron chi connectivity index (χ2n) is 8.38. The molecular weight excluding hydrogens is 374 g/mol. The van der Waals surface area contributed by atoms with Gasteiger partial charge in [-0.05, 0) is 50.4 Å². The van der Waals surface area contributed by atoms with Gasteiger partial charge in [-0.2, -0.15) is 0 Å². The molecule has 1 N–H and O–H groups in total. The number of rotatable bonds is 4. The van der Waals surface area contributed by atoms with Crippen molar-refractivity contribution in [2.75, 3.05) is 20.1 Å². The van der Waals surface area contributed by atoms with Crippen molar-refractivity contribution in [1.82, 2.24) is 14.8 Å². The molecule has 2 heterocycles.